The maximum absolute atomic E-state index is 13.6. The van der Waals surface area contributed by atoms with E-state index in [2.05, 4.69) is 27.8 Å². The number of halogens is 2. The number of anilines is 2. The molecule has 1 aromatic heterocycles. The Morgan fingerprint density at radius 1 is 1.21 bits per heavy atom. The fourth-order valence-corrected chi connectivity index (χ4v) is 4.59. The summed E-state index contributed by atoms with van der Waals surface area (Å²) in [7, 11) is 0. The summed E-state index contributed by atoms with van der Waals surface area (Å²) >= 11 is 5.01. The molecule has 2 heterocycles. The Kier molecular flexibility index (Phi) is 3.93. The minimum absolute atomic E-state index is 0.0223. The molecule has 5 heteroatoms. The molecule has 0 bridgehead atoms. The van der Waals surface area contributed by atoms with E-state index in [1.807, 2.05) is 23.6 Å². The van der Waals surface area contributed by atoms with Crippen LogP contribution in [-0.2, 0) is 6.42 Å². The third-order valence-corrected chi connectivity index (χ3v) is 5.99. The second kappa shape index (κ2) is 5.97. The summed E-state index contributed by atoms with van der Waals surface area (Å²) in [6, 6.07) is 10.8. The summed E-state index contributed by atoms with van der Waals surface area (Å²) in [5.74, 6) is -0.226. The van der Waals surface area contributed by atoms with Crippen LogP contribution in [0.3, 0.4) is 0 Å². The average Bonchev–Trinajstić information content (AvgIpc) is 2.57. The number of aryl methyl sites for hydroxylation is 1. The Labute approximate surface area is 151 Å². The molecular weight excluding hydrogens is 389 g/mol. The van der Waals surface area contributed by atoms with Gasteiger partial charge in [-0.25, -0.2) is 4.39 Å². The topological polar surface area (TPSA) is 20.3 Å². The molecule has 0 amide bonds. The smallest absolute Gasteiger partial charge is 0.211 e. The first-order valence-corrected chi connectivity index (χ1v) is 9.50. The summed E-state index contributed by atoms with van der Waals surface area (Å²) in [5.41, 5.74) is 2.60. The number of hydrogen-bond acceptors (Lipinski definition) is 3. The lowest BCUT2D eigenvalue weighted by atomic mass is 9.96. The molecule has 2 nitrogen and oxygen atoms in total. The zero-order valence-electron chi connectivity index (χ0n) is 13.1. The molecule has 4 rings (SSSR count). The zero-order valence-corrected chi connectivity index (χ0v) is 15.5. The molecule has 0 saturated heterocycles. The Bertz CT molecular complexity index is 1000. The zero-order chi connectivity index (χ0) is 16.8. The first kappa shape index (κ1) is 15.8. The van der Waals surface area contributed by atoms with Gasteiger partial charge < -0.3 is 4.90 Å². The van der Waals surface area contributed by atoms with Gasteiger partial charge in [0.2, 0.25) is 5.43 Å². The van der Waals surface area contributed by atoms with Crippen LogP contribution in [0.25, 0.3) is 10.1 Å². The van der Waals surface area contributed by atoms with E-state index in [1.54, 1.807) is 23.5 Å². The van der Waals surface area contributed by atoms with Crippen molar-refractivity contribution in [3.63, 3.8) is 0 Å². The van der Waals surface area contributed by atoms with Crippen LogP contribution in [0.15, 0.2) is 51.0 Å². The van der Waals surface area contributed by atoms with Crippen LogP contribution in [0.5, 0.6) is 0 Å². The maximum atomic E-state index is 13.6. The lowest BCUT2D eigenvalue weighted by Gasteiger charge is -2.36. The number of nitrogens with zero attached hydrogens (tertiary/aromatic N) is 1. The van der Waals surface area contributed by atoms with Gasteiger partial charge in [-0.05, 0) is 61.7 Å². The first-order valence-electron chi connectivity index (χ1n) is 7.83. The third kappa shape index (κ3) is 2.56. The number of fused-ring (bicyclic) bond motifs is 2. The number of hydrogen-bond donors (Lipinski definition) is 0. The van der Waals surface area contributed by atoms with Crippen molar-refractivity contribution in [2.24, 2.45) is 0 Å². The molecule has 0 radical (unpaired) electrons. The fraction of sp³-hybridized carbons (Fsp3) is 0.211. The van der Waals surface area contributed by atoms with Gasteiger partial charge in [0, 0.05) is 31.7 Å². The maximum Gasteiger partial charge on any atom is 0.211 e. The van der Waals surface area contributed by atoms with Crippen molar-refractivity contribution in [3.8, 4) is 0 Å². The van der Waals surface area contributed by atoms with Gasteiger partial charge in [-0.2, -0.15) is 0 Å². The highest BCUT2D eigenvalue weighted by Gasteiger charge is 2.27. The van der Waals surface area contributed by atoms with Crippen molar-refractivity contribution >= 4 is 48.7 Å². The number of benzene rings is 2. The molecule has 1 unspecified atom stereocenters. The van der Waals surface area contributed by atoms with Gasteiger partial charge in [-0.1, -0.05) is 15.9 Å². The third-order valence-electron chi connectivity index (χ3n) is 4.55. The van der Waals surface area contributed by atoms with Crippen LogP contribution in [0.2, 0.25) is 0 Å². The van der Waals surface area contributed by atoms with E-state index in [0.717, 1.165) is 33.3 Å². The molecule has 1 aliphatic heterocycles. The van der Waals surface area contributed by atoms with Crippen LogP contribution in [0.4, 0.5) is 15.8 Å². The van der Waals surface area contributed by atoms with E-state index in [4.69, 9.17) is 0 Å². The van der Waals surface area contributed by atoms with Gasteiger partial charge in [-0.15, -0.1) is 11.3 Å². The predicted octanol–water partition coefficient (Wildman–Crippen LogP) is 5.64. The van der Waals surface area contributed by atoms with Crippen LogP contribution < -0.4 is 10.3 Å². The Morgan fingerprint density at radius 3 is 2.88 bits per heavy atom. The lowest BCUT2D eigenvalue weighted by molar-refractivity contribution is 0.598. The van der Waals surface area contributed by atoms with Crippen LogP contribution in [-0.4, -0.2) is 6.04 Å². The summed E-state index contributed by atoms with van der Waals surface area (Å²) in [6.45, 7) is 2.11. The molecule has 1 atom stereocenters. The highest BCUT2D eigenvalue weighted by atomic mass is 79.9. The minimum atomic E-state index is -0.226. The predicted molar refractivity (Wildman–Crippen MR) is 102 cm³/mol. The van der Waals surface area contributed by atoms with Gasteiger partial charge in [0.15, 0.2) is 0 Å². The van der Waals surface area contributed by atoms with Crippen molar-refractivity contribution in [1.29, 1.82) is 0 Å². The first-order chi connectivity index (χ1) is 11.5. The van der Waals surface area contributed by atoms with E-state index in [9.17, 15) is 9.18 Å². The summed E-state index contributed by atoms with van der Waals surface area (Å²) < 4.78 is 15.4. The Hall–Kier alpha value is -1.72. The van der Waals surface area contributed by atoms with E-state index < -0.39 is 0 Å². The summed E-state index contributed by atoms with van der Waals surface area (Å²) in [4.78, 5) is 15.1. The SMILES string of the molecule is CC1CCc2cc(F)ccc2N1c1csc2ccc(Br)cc2c1=O. The number of rotatable bonds is 1. The van der Waals surface area contributed by atoms with Crippen molar-refractivity contribution in [2.45, 2.75) is 25.8 Å². The highest BCUT2D eigenvalue weighted by Crippen LogP contribution is 2.37. The Balaban J connectivity index is 1.94. The normalized spacial score (nSPS) is 17.1. The average molecular weight is 404 g/mol. The van der Waals surface area contributed by atoms with Crippen molar-refractivity contribution in [2.75, 3.05) is 4.90 Å². The van der Waals surface area contributed by atoms with E-state index in [-0.39, 0.29) is 17.3 Å². The lowest BCUT2D eigenvalue weighted by Crippen LogP contribution is -2.36. The van der Waals surface area contributed by atoms with Gasteiger partial charge >= 0.3 is 0 Å². The summed E-state index contributed by atoms with van der Waals surface area (Å²) in [5, 5.41) is 2.64. The molecule has 0 aliphatic carbocycles. The van der Waals surface area contributed by atoms with Gasteiger partial charge in [0.1, 0.15) is 11.5 Å². The van der Waals surface area contributed by atoms with Crippen molar-refractivity contribution in [3.05, 3.63) is 67.9 Å². The van der Waals surface area contributed by atoms with Gasteiger partial charge in [-0.3, -0.25) is 4.79 Å². The molecule has 0 fully saturated rings. The molecule has 3 aromatic rings. The highest BCUT2D eigenvalue weighted by molar-refractivity contribution is 9.10. The molecule has 122 valence electrons. The van der Waals surface area contributed by atoms with Crippen LogP contribution in [0, 0.1) is 5.82 Å². The molecule has 0 N–H and O–H groups in total. The largest absolute Gasteiger partial charge is 0.335 e. The van der Waals surface area contributed by atoms with E-state index in [1.165, 1.54) is 6.07 Å². The Morgan fingerprint density at radius 2 is 2.04 bits per heavy atom. The second-order valence-corrected chi connectivity index (χ2v) is 7.95. The summed E-state index contributed by atoms with van der Waals surface area (Å²) in [6.07, 6.45) is 1.73. The molecule has 0 saturated carbocycles. The van der Waals surface area contributed by atoms with Gasteiger partial charge in [0.25, 0.3) is 0 Å². The monoisotopic (exact) mass is 403 g/mol. The molecule has 1 aliphatic rings. The van der Waals surface area contributed by atoms with Crippen LogP contribution >= 0.6 is 27.3 Å². The molecule has 24 heavy (non-hydrogen) atoms. The van der Waals surface area contributed by atoms with Crippen molar-refractivity contribution in [1.82, 2.24) is 0 Å². The molecule has 2 aromatic carbocycles. The van der Waals surface area contributed by atoms with E-state index in [0.29, 0.717) is 11.1 Å². The minimum Gasteiger partial charge on any atom is -0.335 e. The molecule has 0 spiro atoms. The fourth-order valence-electron chi connectivity index (χ4n) is 3.35. The van der Waals surface area contributed by atoms with Crippen LogP contribution in [0.1, 0.15) is 18.9 Å². The molecular formula is C19H15BrFNOS. The quantitative estimate of drug-likeness (QED) is 0.524. The van der Waals surface area contributed by atoms with Crippen molar-refractivity contribution < 1.29 is 4.39 Å². The second-order valence-electron chi connectivity index (χ2n) is 6.12. The van der Waals surface area contributed by atoms with E-state index >= 15 is 0 Å². The standard InChI is InChI=1S/C19H15BrFNOS/c1-11-2-3-12-8-14(21)5-6-16(12)22(11)17-10-24-18-7-4-13(20)9-15(18)19(17)23/h4-11H,2-3H2,1H3. The van der Waals surface area contributed by atoms with Gasteiger partial charge in [0.05, 0.1) is 0 Å².